The van der Waals surface area contributed by atoms with Gasteiger partial charge < -0.3 is 14.8 Å². The normalized spacial score (nSPS) is 11.5. The van der Waals surface area contributed by atoms with Crippen LogP contribution in [0.4, 0.5) is 0 Å². The van der Waals surface area contributed by atoms with Crippen molar-refractivity contribution in [3.63, 3.8) is 0 Å². The van der Waals surface area contributed by atoms with E-state index < -0.39 is 5.60 Å². The zero-order valence-electron chi connectivity index (χ0n) is 12.8. The first-order chi connectivity index (χ1) is 10.2. The Morgan fingerprint density at radius 1 is 1.36 bits per heavy atom. The van der Waals surface area contributed by atoms with E-state index in [2.05, 4.69) is 10.3 Å². The van der Waals surface area contributed by atoms with Crippen molar-refractivity contribution in [1.82, 2.24) is 10.3 Å². The highest BCUT2D eigenvalue weighted by atomic mass is 35.5. The van der Waals surface area contributed by atoms with Gasteiger partial charge in [-0.3, -0.25) is 4.79 Å². The van der Waals surface area contributed by atoms with Gasteiger partial charge >= 0.3 is 0 Å². The molecule has 6 heteroatoms. The van der Waals surface area contributed by atoms with Crippen LogP contribution in [0.25, 0.3) is 11.5 Å². The lowest BCUT2D eigenvalue weighted by atomic mass is 10.1. The molecule has 1 amide bonds. The Morgan fingerprint density at radius 3 is 2.59 bits per heavy atom. The lowest BCUT2D eigenvalue weighted by Gasteiger charge is -2.17. The summed E-state index contributed by atoms with van der Waals surface area (Å²) in [6, 6.07) is 7.13. The Labute approximate surface area is 134 Å². The van der Waals surface area contributed by atoms with Crippen LogP contribution < -0.4 is 5.32 Å². The van der Waals surface area contributed by atoms with Crippen LogP contribution >= 0.6 is 11.6 Å². The number of rotatable bonds is 5. The molecule has 2 aromatic rings. The topological polar surface area (TPSA) is 75.4 Å². The predicted octanol–water partition coefficient (Wildman–Crippen LogP) is 2.73. The largest absolute Gasteiger partial charge is 0.441 e. The number of aliphatic hydroxyl groups is 1. The van der Waals surface area contributed by atoms with Crippen LogP contribution in [0.5, 0.6) is 0 Å². The number of nitrogens with one attached hydrogen (secondary N) is 1. The Morgan fingerprint density at radius 2 is 2.00 bits per heavy atom. The van der Waals surface area contributed by atoms with E-state index in [1.807, 2.05) is 12.1 Å². The van der Waals surface area contributed by atoms with Crippen molar-refractivity contribution in [2.75, 3.05) is 6.54 Å². The van der Waals surface area contributed by atoms with E-state index in [1.54, 1.807) is 32.9 Å². The average molecular weight is 323 g/mol. The van der Waals surface area contributed by atoms with Crippen molar-refractivity contribution in [2.24, 2.45) is 0 Å². The van der Waals surface area contributed by atoms with Gasteiger partial charge in [-0.2, -0.15) is 0 Å². The van der Waals surface area contributed by atoms with Gasteiger partial charge in [0.15, 0.2) is 0 Å². The number of halogens is 1. The molecule has 5 nitrogen and oxygen atoms in total. The molecule has 0 aliphatic heterocycles. The maximum Gasteiger partial charge on any atom is 0.226 e. The number of hydrogen-bond acceptors (Lipinski definition) is 4. The zero-order valence-corrected chi connectivity index (χ0v) is 13.6. The highest BCUT2D eigenvalue weighted by molar-refractivity contribution is 6.30. The van der Waals surface area contributed by atoms with Gasteiger partial charge in [-0.25, -0.2) is 4.98 Å². The van der Waals surface area contributed by atoms with Crippen molar-refractivity contribution < 1.29 is 14.3 Å². The molecule has 0 saturated heterocycles. The molecule has 0 radical (unpaired) electrons. The Kier molecular flexibility index (Phi) is 4.88. The molecule has 1 heterocycles. The van der Waals surface area contributed by atoms with Gasteiger partial charge in [-0.1, -0.05) is 11.6 Å². The van der Waals surface area contributed by atoms with E-state index in [9.17, 15) is 9.90 Å². The fraction of sp³-hybridized carbons (Fsp3) is 0.375. The molecule has 0 unspecified atom stereocenters. The summed E-state index contributed by atoms with van der Waals surface area (Å²) >= 11 is 5.85. The minimum absolute atomic E-state index is 0.110. The molecule has 1 aromatic carbocycles. The van der Waals surface area contributed by atoms with Crippen LogP contribution in [-0.2, 0) is 11.2 Å². The van der Waals surface area contributed by atoms with Crippen molar-refractivity contribution in [3.8, 4) is 11.5 Å². The first-order valence-electron chi connectivity index (χ1n) is 6.96. The summed E-state index contributed by atoms with van der Waals surface area (Å²) in [5.41, 5.74) is 0.442. The molecule has 1 aromatic heterocycles. The van der Waals surface area contributed by atoms with Gasteiger partial charge in [0.2, 0.25) is 11.8 Å². The molecule has 0 aliphatic carbocycles. The number of aryl methyl sites for hydroxylation is 1. The van der Waals surface area contributed by atoms with Crippen LogP contribution in [-0.4, -0.2) is 28.1 Å². The molecule has 2 rings (SSSR count). The minimum Gasteiger partial charge on any atom is -0.441 e. The van der Waals surface area contributed by atoms with Crippen LogP contribution in [0, 0.1) is 6.92 Å². The number of hydrogen-bond donors (Lipinski definition) is 2. The highest BCUT2D eigenvalue weighted by Crippen LogP contribution is 2.23. The standard InChI is InChI=1S/C16H19ClN2O3/c1-10-13(8-14(20)18-9-16(2,3)21)19-15(22-10)11-4-6-12(17)7-5-11/h4-7,21H,8-9H2,1-3H3,(H,18,20). The smallest absolute Gasteiger partial charge is 0.226 e. The molecule has 0 spiro atoms. The van der Waals surface area contributed by atoms with Gasteiger partial charge in [-0.05, 0) is 45.0 Å². The number of nitrogens with zero attached hydrogens (tertiary/aromatic N) is 1. The SMILES string of the molecule is Cc1oc(-c2ccc(Cl)cc2)nc1CC(=O)NCC(C)(C)O. The molecular formula is C16H19ClN2O3. The van der Waals surface area contributed by atoms with E-state index in [0.29, 0.717) is 22.4 Å². The number of benzene rings is 1. The second-order valence-electron chi connectivity index (χ2n) is 5.79. The fourth-order valence-corrected chi connectivity index (χ4v) is 1.96. The summed E-state index contributed by atoms with van der Waals surface area (Å²) in [4.78, 5) is 16.2. The molecule has 2 N–H and O–H groups in total. The zero-order chi connectivity index (χ0) is 16.3. The number of amides is 1. The molecule has 0 atom stereocenters. The maximum absolute atomic E-state index is 11.9. The van der Waals surface area contributed by atoms with E-state index in [0.717, 1.165) is 5.56 Å². The van der Waals surface area contributed by atoms with Crippen LogP contribution in [0.1, 0.15) is 25.3 Å². The van der Waals surface area contributed by atoms with Gasteiger partial charge in [0, 0.05) is 17.1 Å². The lowest BCUT2D eigenvalue weighted by Crippen LogP contribution is -2.38. The number of carbonyl (C=O) groups is 1. The summed E-state index contributed by atoms with van der Waals surface area (Å²) in [6.45, 7) is 5.22. The van der Waals surface area contributed by atoms with Gasteiger partial charge in [0.1, 0.15) is 5.76 Å². The van der Waals surface area contributed by atoms with Crippen LogP contribution in [0.2, 0.25) is 5.02 Å². The molecule has 0 aliphatic rings. The Bertz CT molecular complexity index is 657. The first kappa shape index (κ1) is 16.5. The minimum atomic E-state index is -0.941. The van der Waals surface area contributed by atoms with E-state index in [-0.39, 0.29) is 18.9 Å². The molecule has 0 fully saturated rings. The Hall–Kier alpha value is -1.85. The number of oxazole rings is 1. The molecule has 22 heavy (non-hydrogen) atoms. The third kappa shape index (κ3) is 4.58. The van der Waals surface area contributed by atoms with Crippen LogP contribution in [0.15, 0.2) is 28.7 Å². The van der Waals surface area contributed by atoms with E-state index in [1.165, 1.54) is 0 Å². The second kappa shape index (κ2) is 6.50. The summed E-state index contributed by atoms with van der Waals surface area (Å²) in [7, 11) is 0. The Balaban J connectivity index is 2.07. The third-order valence-corrected chi connectivity index (χ3v) is 3.28. The van der Waals surface area contributed by atoms with Crippen molar-refractivity contribution in [2.45, 2.75) is 32.8 Å². The van der Waals surface area contributed by atoms with Crippen molar-refractivity contribution >= 4 is 17.5 Å². The summed E-state index contributed by atoms with van der Waals surface area (Å²) < 4.78 is 5.60. The van der Waals surface area contributed by atoms with E-state index >= 15 is 0 Å². The summed E-state index contributed by atoms with van der Waals surface area (Å²) in [6.07, 6.45) is 0.110. The van der Waals surface area contributed by atoms with E-state index in [4.69, 9.17) is 16.0 Å². The molecular weight excluding hydrogens is 304 g/mol. The predicted molar refractivity (Wildman–Crippen MR) is 84.7 cm³/mol. The second-order valence-corrected chi connectivity index (χ2v) is 6.23. The van der Waals surface area contributed by atoms with Crippen molar-refractivity contribution in [1.29, 1.82) is 0 Å². The third-order valence-electron chi connectivity index (χ3n) is 3.03. The fourth-order valence-electron chi connectivity index (χ4n) is 1.84. The van der Waals surface area contributed by atoms with Crippen LogP contribution in [0.3, 0.4) is 0 Å². The maximum atomic E-state index is 11.9. The van der Waals surface area contributed by atoms with Gasteiger partial charge in [-0.15, -0.1) is 0 Å². The number of aromatic nitrogens is 1. The highest BCUT2D eigenvalue weighted by Gasteiger charge is 2.17. The first-order valence-corrected chi connectivity index (χ1v) is 7.34. The molecule has 0 bridgehead atoms. The monoisotopic (exact) mass is 322 g/mol. The molecule has 118 valence electrons. The number of carbonyl (C=O) groups excluding carboxylic acids is 1. The average Bonchev–Trinajstić information content (AvgIpc) is 2.78. The van der Waals surface area contributed by atoms with Gasteiger partial charge in [0.05, 0.1) is 17.7 Å². The lowest BCUT2D eigenvalue weighted by molar-refractivity contribution is -0.121. The summed E-state index contributed by atoms with van der Waals surface area (Å²) in [5, 5.41) is 12.9. The summed E-state index contributed by atoms with van der Waals surface area (Å²) in [5.74, 6) is 0.851. The van der Waals surface area contributed by atoms with Crippen molar-refractivity contribution in [3.05, 3.63) is 40.7 Å². The molecule has 0 saturated carbocycles. The quantitative estimate of drug-likeness (QED) is 0.887. The van der Waals surface area contributed by atoms with Gasteiger partial charge in [0.25, 0.3) is 0 Å².